The summed E-state index contributed by atoms with van der Waals surface area (Å²) in [4.78, 5) is 5.76. The molecule has 0 saturated carbocycles. The zero-order valence-corrected chi connectivity index (χ0v) is 12.3. The second-order valence-corrected chi connectivity index (χ2v) is 5.98. The van der Waals surface area contributed by atoms with Crippen LogP contribution in [0.25, 0.3) is 16.7 Å². The monoisotopic (exact) mass is 312 g/mol. The molecule has 0 aliphatic carbocycles. The van der Waals surface area contributed by atoms with E-state index >= 15 is 0 Å². The first-order valence-electron chi connectivity index (χ1n) is 6.33. The molecule has 0 fully saturated rings. The van der Waals surface area contributed by atoms with Gasteiger partial charge >= 0.3 is 0 Å². The van der Waals surface area contributed by atoms with Crippen molar-refractivity contribution in [3.63, 3.8) is 0 Å². The Morgan fingerprint density at radius 1 is 1.00 bits per heavy atom. The lowest BCUT2D eigenvalue weighted by Crippen LogP contribution is -1.93. The number of rotatable bonds is 2. The van der Waals surface area contributed by atoms with E-state index in [2.05, 4.69) is 10.2 Å². The van der Waals surface area contributed by atoms with E-state index in [9.17, 15) is 0 Å². The number of aromatic nitrogens is 4. The Morgan fingerprint density at radius 2 is 1.81 bits per heavy atom. The van der Waals surface area contributed by atoms with E-state index in [0.717, 1.165) is 31.6 Å². The molecule has 0 spiro atoms. The average Bonchev–Trinajstić information content (AvgIpc) is 3.00. The van der Waals surface area contributed by atoms with Crippen LogP contribution in [0.3, 0.4) is 0 Å². The van der Waals surface area contributed by atoms with Gasteiger partial charge in [0.15, 0.2) is 5.65 Å². The molecule has 0 amide bonds. The summed E-state index contributed by atoms with van der Waals surface area (Å²) in [5.41, 5.74) is 2.67. The van der Waals surface area contributed by atoms with Gasteiger partial charge in [0.25, 0.3) is 0 Å². The van der Waals surface area contributed by atoms with E-state index in [1.807, 2.05) is 52.9 Å². The molecule has 2 heterocycles. The van der Waals surface area contributed by atoms with Gasteiger partial charge in [-0.05, 0) is 36.4 Å². The Morgan fingerprint density at radius 3 is 2.67 bits per heavy atom. The third-order valence-electron chi connectivity index (χ3n) is 3.13. The predicted octanol–water partition coefficient (Wildman–Crippen LogP) is 4.08. The maximum absolute atomic E-state index is 5.92. The molecule has 4 aromatic rings. The van der Waals surface area contributed by atoms with Crippen LogP contribution in [0.5, 0.6) is 0 Å². The molecule has 2 aromatic heterocycles. The molecule has 0 N–H and O–H groups in total. The molecule has 2 aromatic carbocycles. The molecular formula is C15H9ClN4S. The second kappa shape index (κ2) is 5.02. The van der Waals surface area contributed by atoms with Gasteiger partial charge in [-0.2, -0.15) is 0 Å². The van der Waals surface area contributed by atoms with Crippen molar-refractivity contribution in [3.05, 3.63) is 59.9 Å². The minimum Gasteiger partial charge on any atom is -0.278 e. The molecule has 4 rings (SSSR count). The molecular weight excluding hydrogens is 304 g/mol. The maximum atomic E-state index is 5.92. The maximum Gasteiger partial charge on any atom is 0.194 e. The van der Waals surface area contributed by atoms with E-state index in [0.29, 0.717) is 0 Å². The van der Waals surface area contributed by atoms with Crippen LogP contribution in [0.15, 0.2) is 64.8 Å². The van der Waals surface area contributed by atoms with Gasteiger partial charge in [-0.1, -0.05) is 35.5 Å². The topological polar surface area (TPSA) is 43.1 Å². The van der Waals surface area contributed by atoms with Crippen LogP contribution in [0.2, 0.25) is 5.02 Å². The minimum atomic E-state index is 0.721. The first-order chi connectivity index (χ1) is 10.3. The lowest BCUT2D eigenvalue weighted by atomic mass is 10.3. The van der Waals surface area contributed by atoms with Gasteiger partial charge in [-0.3, -0.25) is 4.40 Å². The average molecular weight is 313 g/mol. The van der Waals surface area contributed by atoms with Crippen LogP contribution in [0.1, 0.15) is 0 Å². The standard InChI is InChI=1S/C15H9ClN4S/c16-10-5-7-11(8-6-10)21-15-14-19-17-9-20(14)13-4-2-1-3-12(13)18-15/h1-9H. The summed E-state index contributed by atoms with van der Waals surface area (Å²) >= 11 is 7.47. The van der Waals surface area contributed by atoms with Crippen molar-refractivity contribution in [1.82, 2.24) is 19.6 Å². The fourth-order valence-electron chi connectivity index (χ4n) is 2.16. The summed E-state index contributed by atoms with van der Waals surface area (Å²) in [5.74, 6) is 0. The summed E-state index contributed by atoms with van der Waals surface area (Å²) in [7, 11) is 0. The van der Waals surface area contributed by atoms with Crippen molar-refractivity contribution in [3.8, 4) is 0 Å². The number of para-hydroxylation sites is 2. The first-order valence-corrected chi connectivity index (χ1v) is 7.52. The van der Waals surface area contributed by atoms with E-state index in [1.165, 1.54) is 0 Å². The fraction of sp³-hybridized carbons (Fsp3) is 0. The van der Waals surface area contributed by atoms with Crippen molar-refractivity contribution >= 4 is 40.0 Å². The largest absolute Gasteiger partial charge is 0.278 e. The Bertz CT molecular complexity index is 933. The Hall–Kier alpha value is -2.11. The summed E-state index contributed by atoms with van der Waals surface area (Å²) in [6.07, 6.45) is 1.71. The third-order valence-corrected chi connectivity index (χ3v) is 4.36. The minimum absolute atomic E-state index is 0.721. The van der Waals surface area contributed by atoms with Crippen LogP contribution >= 0.6 is 23.4 Å². The molecule has 21 heavy (non-hydrogen) atoms. The van der Waals surface area contributed by atoms with Gasteiger partial charge < -0.3 is 0 Å². The second-order valence-electron chi connectivity index (χ2n) is 4.49. The molecule has 4 nitrogen and oxygen atoms in total. The number of benzene rings is 2. The molecule has 102 valence electrons. The van der Waals surface area contributed by atoms with Gasteiger partial charge in [-0.25, -0.2) is 4.98 Å². The molecule has 0 aliphatic heterocycles. The summed E-state index contributed by atoms with van der Waals surface area (Å²) in [5, 5.41) is 9.74. The first kappa shape index (κ1) is 12.6. The number of nitrogens with zero attached hydrogens (tertiary/aromatic N) is 4. The Balaban J connectivity index is 1.90. The quantitative estimate of drug-likeness (QED) is 0.559. The van der Waals surface area contributed by atoms with Crippen molar-refractivity contribution < 1.29 is 0 Å². The molecule has 0 atom stereocenters. The van der Waals surface area contributed by atoms with E-state index in [1.54, 1.807) is 18.1 Å². The molecule has 0 saturated heterocycles. The van der Waals surface area contributed by atoms with E-state index in [-0.39, 0.29) is 0 Å². The zero-order chi connectivity index (χ0) is 14.2. The molecule has 6 heteroatoms. The van der Waals surface area contributed by atoms with Gasteiger partial charge in [0.1, 0.15) is 11.4 Å². The van der Waals surface area contributed by atoms with Crippen LogP contribution < -0.4 is 0 Å². The van der Waals surface area contributed by atoms with Crippen molar-refractivity contribution in [1.29, 1.82) is 0 Å². The van der Waals surface area contributed by atoms with Gasteiger partial charge in [0.05, 0.1) is 11.0 Å². The normalized spacial score (nSPS) is 11.3. The highest BCUT2D eigenvalue weighted by molar-refractivity contribution is 7.99. The zero-order valence-electron chi connectivity index (χ0n) is 10.8. The van der Waals surface area contributed by atoms with Crippen molar-refractivity contribution in [2.75, 3.05) is 0 Å². The molecule has 0 bridgehead atoms. The SMILES string of the molecule is Clc1ccc(Sc2nc3ccccc3n3cnnc23)cc1. The number of halogens is 1. The van der Waals surface area contributed by atoms with E-state index in [4.69, 9.17) is 16.6 Å². The Kier molecular flexibility index (Phi) is 3.02. The van der Waals surface area contributed by atoms with Gasteiger partial charge in [0, 0.05) is 9.92 Å². The van der Waals surface area contributed by atoms with Crippen molar-refractivity contribution in [2.45, 2.75) is 9.92 Å². The highest BCUT2D eigenvalue weighted by Crippen LogP contribution is 2.31. The fourth-order valence-corrected chi connectivity index (χ4v) is 3.16. The Labute approximate surface area is 129 Å². The summed E-state index contributed by atoms with van der Waals surface area (Å²) in [6.45, 7) is 0. The van der Waals surface area contributed by atoms with Gasteiger partial charge in [-0.15, -0.1) is 10.2 Å². The lowest BCUT2D eigenvalue weighted by molar-refractivity contribution is 1.08. The van der Waals surface area contributed by atoms with E-state index < -0.39 is 0 Å². The molecule has 0 unspecified atom stereocenters. The highest BCUT2D eigenvalue weighted by Gasteiger charge is 2.11. The highest BCUT2D eigenvalue weighted by atomic mass is 35.5. The number of hydrogen-bond acceptors (Lipinski definition) is 4. The van der Waals surface area contributed by atoms with Crippen molar-refractivity contribution in [2.24, 2.45) is 0 Å². The van der Waals surface area contributed by atoms with Gasteiger partial charge in [0.2, 0.25) is 0 Å². The van der Waals surface area contributed by atoms with Crippen LogP contribution in [-0.4, -0.2) is 19.6 Å². The number of hydrogen-bond donors (Lipinski definition) is 0. The van der Waals surface area contributed by atoms with Crippen LogP contribution in [0.4, 0.5) is 0 Å². The van der Waals surface area contributed by atoms with Crippen LogP contribution in [-0.2, 0) is 0 Å². The third kappa shape index (κ3) is 2.24. The molecule has 0 aliphatic rings. The lowest BCUT2D eigenvalue weighted by Gasteiger charge is -2.06. The predicted molar refractivity (Wildman–Crippen MR) is 83.9 cm³/mol. The summed E-state index contributed by atoms with van der Waals surface area (Å²) in [6, 6.07) is 15.6. The molecule has 0 radical (unpaired) electrons. The smallest absolute Gasteiger partial charge is 0.194 e. The van der Waals surface area contributed by atoms with Crippen LogP contribution in [0, 0.1) is 0 Å². The summed E-state index contributed by atoms with van der Waals surface area (Å²) < 4.78 is 1.96. The number of fused-ring (bicyclic) bond motifs is 3.